The van der Waals surface area contributed by atoms with E-state index in [1.54, 1.807) is 19.9 Å². The highest BCUT2D eigenvalue weighted by molar-refractivity contribution is 5.80. The Morgan fingerprint density at radius 2 is 2.15 bits per heavy atom. The van der Waals surface area contributed by atoms with Crippen molar-refractivity contribution in [3.8, 4) is 5.75 Å². The minimum absolute atomic E-state index is 0.117. The number of hydrogen-bond acceptors (Lipinski definition) is 4. The Balaban J connectivity index is 2.77. The van der Waals surface area contributed by atoms with Gasteiger partial charge in [0, 0.05) is 0 Å². The van der Waals surface area contributed by atoms with Gasteiger partial charge in [-0.25, -0.2) is 9.18 Å². The minimum atomic E-state index is -0.925. The molecule has 1 aromatic carbocycles. The zero-order valence-electron chi connectivity index (χ0n) is 12.5. The highest BCUT2D eigenvalue weighted by atomic mass is 19.1. The van der Waals surface area contributed by atoms with E-state index in [0.29, 0.717) is 17.9 Å². The first kappa shape index (κ1) is 16.4. The lowest BCUT2D eigenvalue weighted by Crippen LogP contribution is -2.54. The first-order valence-corrected chi connectivity index (χ1v) is 6.65. The van der Waals surface area contributed by atoms with E-state index < -0.39 is 5.54 Å². The average Bonchev–Trinajstić information content (AvgIpc) is 2.43. The number of halogens is 1. The number of methoxy groups -OCH3 is 1. The van der Waals surface area contributed by atoms with Gasteiger partial charge in [-0.15, -0.1) is 0 Å². The molecule has 0 aromatic heterocycles. The Kier molecular flexibility index (Phi) is 5.95. The van der Waals surface area contributed by atoms with Crippen LogP contribution in [0.1, 0.15) is 25.8 Å². The van der Waals surface area contributed by atoms with Crippen molar-refractivity contribution in [1.29, 1.82) is 0 Å². The number of carbonyl (C=O) groups excluding carboxylic acids is 1. The predicted octanol–water partition coefficient (Wildman–Crippen LogP) is 2.44. The lowest BCUT2D eigenvalue weighted by atomic mass is 10.0. The van der Waals surface area contributed by atoms with Gasteiger partial charge in [-0.1, -0.05) is 6.92 Å². The Morgan fingerprint density at radius 1 is 1.45 bits per heavy atom. The van der Waals surface area contributed by atoms with Crippen LogP contribution >= 0.6 is 0 Å². The number of aryl methyl sites for hydroxylation is 1. The molecule has 0 aliphatic carbocycles. The zero-order chi connectivity index (χ0) is 15.2. The maximum absolute atomic E-state index is 13.0. The second-order valence-corrected chi connectivity index (χ2v) is 4.95. The molecule has 0 bridgehead atoms. The van der Waals surface area contributed by atoms with Crippen LogP contribution in [0.3, 0.4) is 0 Å². The van der Waals surface area contributed by atoms with Crippen LogP contribution in [0, 0.1) is 12.7 Å². The van der Waals surface area contributed by atoms with E-state index in [0.717, 1.165) is 6.42 Å². The van der Waals surface area contributed by atoms with E-state index >= 15 is 0 Å². The molecule has 0 radical (unpaired) electrons. The SMILES string of the molecule is CCCNC(C)(COc1ccc(F)cc1C)C(=O)OC. The van der Waals surface area contributed by atoms with Gasteiger partial charge in [-0.3, -0.25) is 5.32 Å². The molecule has 4 nitrogen and oxygen atoms in total. The summed E-state index contributed by atoms with van der Waals surface area (Å²) in [6.45, 7) is 6.29. The Morgan fingerprint density at radius 3 is 2.70 bits per heavy atom. The second-order valence-electron chi connectivity index (χ2n) is 4.95. The van der Waals surface area contributed by atoms with Crippen molar-refractivity contribution in [2.45, 2.75) is 32.7 Å². The summed E-state index contributed by atoms with van der Waals surface area (Å²) in [6.07, 6.45) is 0.891. The van der Waals surface area contributed by atoms with Gasteiger partial charge in [0.05, 0.1) is 7.11 Å². The molecule has 0 heterocycles. The van der Waals surface area contributed by atoms with Crippen molar-refractivity contribution in [1.82, 2.24) is 5.32 Å². The van der Waals surface area contributed by atoms with Gasteiger partial charge in [-0.05, 0) is 50.6 Å². The van der Waals surface area contributed by atoms with Crippen molar-refractivity contribution >= 4 is 5.97 Å². The maximum atomic E-state index is 13.0. The Hall–Kier alpha value is -1.62. The highest BCUT2D eigenvalue weighted by Crippen LogP contribution is 2.20. The van der Waals surface area contributed by atoms with Crippen LogP contribution in [0.15, 0.2) is 18.2 Å². The maximum Gasteiger partial charge on any atom is 0.329 e. The number of esters is 1. The molecular weight excluding hydrogens is 261 g/mol. The van der Waals surface area contributed by atoms with E-state index in [-0.39, 0.29) is 18.4 Å². The number of ether oxygens (including phenoxy) is 2. The van der Waals surface area contributed by atoms with Gasteiger partial charge in [0.25, 0.3) is 0 Å². The fraction of sp³-hybridized carbons (Fsp3) is 0.533. The van der Waals surface area contributed by atoms with Gasteiger partial charge >= 0.3 is 5.97 Å². The molecule has 5 heteroatoms. The van der Waals surface area contributed by atoms with E-state index in [2.05, 4.69) is 5.32 Å². The molecule has 1 aromatic rings. The summed E-state index contributed by atoms with van der Waals surface area (Å²) in [4.78, 5) is 11.9. The molecular formula is C15H22FNO3. The van der Waals surface area contributed by atoms with Crippen molar-refractivity contribution < 1.29 is 18.7 Å². The van der Waals surface area contributed by atoms with Crippen LogP contribution in [0.4, 0.5) is 4.39 Å². The second kappa shape index (κ2) is 7.24. The molecule has 1 rings (SSSR count). The number of nitrogens with one attached hydrogen (secondary N) is 1. The third-order valence-corrected chi connectivity index (χ3v) is 3.05. The van der Waals surface area contributed by atoms with Crippen LogP contribution in [0.2, 0.25) is 0 Å². The molecule has 0 fully saturated rings. The van der Waals surface area contributed by atoms with E-state index in [9.17, 15) is 9.18 Å². The minimum Gasteiger partial charge on any atom is -0.491 e. The molecule has 0 saturated carbocycles. The van der Waals surface area contributed by atoms with Crippen molar-refractivity contribution in [2.75, 3.05) is 20.3 Å². The van der Waals surface area contributed by atoms with Crippen LogP contribution in [-0.2, 0) is 9.53 Å². The van der Waals surface area contributed by atoms with Crippen molar-refractivity contribution in [3.05, 3.63) is 29.6 Å². The van der Waals surface area contributed by atoms with Gasteiger partial charge in [0.15, 0.2) is 0 Å². The summed E-state index contributed by atoms with van der Waals surface area (Å²) in [6, 6.07) is 4.28. The summed E-state index contributed by atoms with van der Waals surface area (Å²) in [7, 11) is 1.34. The van der Waals surface area contributed by atoms with Crippen LogP contribution in [0.25, 0.3) is 0 Å². The van der Waals surface area contributed by atoms with Gasteiger partial charge in [0.1, 0.15) is 23.7 Å². The summed E-state index contributed by atoms with van der Waals surface area (Å²) >= 11 is 0. The third-order valence-electron chi connectivity index (χ3n) is 3.05. The van der Waals surface area contributed by atoms with Crippen molar-refractivity contribution in [2.24, 2.45) is 0 Å². The molecule has 0 saturated heterocycles. The first-order valence-electron chi connectivity index (χ1n) is 6.65. The van der Waals surface area contributed by atoms with Crippen molar-refractivity contribution in [3.63, 3.8) is 0 Å². The predicted molar refractivity (Wildman–Crippen MR) is 75.3 cm³/mol. The van der Waals surface area contributed by atoms with E-state index in [4.69, 9.17) is 9.47 Å². The van der Waals surface area contributed by atoms with Crippen LogP contribution in [-0.4, -0.2) is 31.8 Å². The summed E-state index contributed by atoms with van der Waals surface area (Å²) < 4.78 is 23.5. The average molecular weight is 283 g/mol. The quantitative estimate of drug-likeness (QED) is 0.781. The topological polar surface area (TPSA) is 47.6 Å². The fourth-order valence-corrected chi connectivity index (χ4v) is 1.81. The molecule has 0 aliphatic heterocycles. The van der Waals surface area contributed by atoms with Gasteiger partial charge in [0.2, 0.25) is 0 Å². The zero-order valence-corrected chi connectivity index (χ0v) is 12.5. The van der Waals surface area contributed by atoms with Crippen LogP contribution in [0.5, 0.6) is 5.75 Å². The molecule has 0 aliphatic rings. The summed E-state index contributed by atoms with van der Waals surface area (Å²) in [5.41, 5.74) is -0.237. The first-order chi connectivity index (χ1) is 9.42. The lowest BCUT2D eigenvalue weighted by Gasteiger charge is -2.28. The normalized spacial score (nSPS) is 13.7. The molecule has 1 N–H and O–H groups in total. The summed E-state index contributed by atoms with van der Waals surface area (Å²) in [5.74, 6) is -0.139. The van der Waals surface area contributed by atoms with Gasteiger partial charge in [-0.2, -0.15) is 0 Å². The number of carbonyl (C=O) groups is 1. The molecule has 1 atom stereocenters. The molecule has 20 heavy (non-hydrogen) atoms. The monoisotopic (exact) mass is 283 g/mol. The molecule has 112 valence electrons. The molecule has 0 amide bonds. The van der Waals surface area contributed by atoms with E-state index in [1.165, 1.54) is 19.2 Å². The smallest absolute Gasteiger partial charge is 0.329 e. The van der Waals surface area contributed by atoms with Gasteiger partial charge < -0.3 is 9.47 Å². The number of hydrogen-bond donors (Lipinski definition) is 1. The number of rotatable bonds is 7. The molecule has 0 spiro atoms. The Labute approximate surface area is 119 Å². The van der Waals surface area contributed by atoms with Crippen LogP contribution < -0.4 is 10.1 Å². The van der Waals surface area contributed by atoms with E-state index in [1.807, 2.05) is 6.92 Å². The summed E-state index contributed by atoms with van der Waals surface area (Å²) in [5, 5.41) is 3.12. The number of benzene rings is 1. The highest BCUT2D eigenvalue weighted by Gasteiger charge is 2.34. The standard InChI is InChI=1S/C15H22FNO3/c1-5-8-17-15(3,14(18)19-4)10-20-13-7-6-12(16)9-11(13)2/h6-7,9,17H,5,8,10H2,1-4H3. The largest absolute Gasteiger partial charge is 0.491 e. The Bertz CT molecular complexity index is 464. The lowest BCUT2D eigenvalue weighted by molar-refractivity contribution is -0.149. The fourth-order valence-electron chi connectivity index (χ4n) is 1.81. The molecule has 1 unspecified atom stereocenters. The third kappa shape index (κ3) is 4.20.